The van der Waals surface area contributed by atoms with Crippen molar-refractivity contribution >= 4 is 28.9 Å². The molecule has 1 aromatic heterocycles. The maximum Gasteiger partial charge on any atom is 0.286 e. The normalized spacial score (nSPS) is 20.9. The van der Waals surface area contributed by atoms with Crippen molar-refractivity contribution in [1.29, 1.82) is 5.26 Å². The van der Waals surface area contributed by atoms with Gasteiger partial charge in [-0.25, -0.2) is 10.00 Å². The summed E-state index contributed by atoms with van der Waals surface area (Å²) in [4.78, 5) is 27.5. The molecule has 39 heavy (non-hydrogen) atoms. The number of aromatic nitrogens is 4. The van der Waals surface area contributed by atoms with Gasteiger partial charge in [0.2, 0.25) is 0 Å². The number of amides is 2. The first-order valence-electron chi connectivity index (χ1n) is 12.8. The largest absolute Gasteiger partial charge is 0.505 e. The second-order valence-corrected chi connectivity index (χ2v) is 9.99. The molecule has 2 unspecified atom stereocenters. The van der Waals surface area contributed by atoms with E-state index in [1.165, 1.54) is 6.92 Å². The number of aromatic hydroxyl groups is 1. The number of benzene rings is 2. The smallest absolute Gasteiger partial charge is 0.286 e. The van der Waals surface area contributed by atoms with Gasteiger partial charge in [0.05, 0.1) is 11.4 Å². The topological polar surface area (TPSA) is 160 Å². The van der Waals surface area contributed by atoms with E-state index in [9.17, 15) is 20.0 Å². The maximum absolute atomic E-state index is 13.5. The van der Waals surface area contributed by atoms with Gasteiger partial charge in [0.1, 0.15) is 17.4 Å². The Kier molecular flexibility index (Phi) is 6.94. The number of nitriles is 1. The minimum absolute atomic E-state index is 0.0377. The zero-order valence-electron chi connectivity index (χ0n) is 21.9. The van der Waals surface area contributed by atoms with Crippen LogP contribution < -0.4 is 10.3 Å². The van der Waals surface area contributed by atoms with Gasteiger partial charge in [-0.2, -0.15) is 10.4 Å². The quantitative estimate of drug-likeness (QED) is 0.255. The molecule has 1 fully saturated rings. The molecule has 2 aliphatic rings. The van der Waals surface area contributed by atoms with E-state index in [0.717, 1.165) is 53.1 Å². The number of aryl methyl sites for hydroxylation is 2. The molecule has 2 aromatic carbocycles. The van der Waals surface area contributed by atoms with Crippen LogP contribution in [0.4, 0.5) is 11.4 Å². The van der Waals surface area contributed by atoms with Gasteiger partial charge < -0.3 is 5.11 Å². The molecule has 3 aromatic rings. The van der Waals surface area contributed by atoms with Crippen LogP contribution in [0.1, 0.15) is 67.0 Å². The molecule has 1 saturated carbocycles. The van der Waals surface area contributed by atoms with E-state index >= 15 is 0 Å². The van der Waals surface area contributed by atoms with E-state index in [0.29, 0.717) is 11.4 Å². The molecular weight excluding hydrogens is 496 g/mol. The number of carbonyl (C=O) groups excluding carboxylic acids is 2. The van der Waals surface area contributed by atoms with Crippen LogP contribution in [0.2, 0.25) is 0 Å². The summed E-state index contributed by atoms with van der Waals surface area (Å²) in [5.41, 5.74) is 6.10. The van der Waals surface area contributed by atoms with Crippen molar-refractivity contribution in [2.24, 2.45) is 5.10 Å². The van der Waals surface area contributed by atoms with Crippen LogP contribution in [0.15, 0.2) is 52.6 Å². The third-order valence-electron chi connectivity index (χ3n) is 7.63. The molecule has 5 rings (SSSR count). The Labute approximate surface area is 225 Å². The van der Waals surface area contributed by atoms with E-state index in [-0.39, 0.29) is 34.4 Å². The summed E-state index contributed by atoms with van der Waals surface area (Å²) in [6, 6.07) is 12.5. The van der Waals surface area contributed by atoms with Gasteiger partial charge in [0.25, 0.3) is 11.8 Å². The van der Waals surface area contributed by atoms with E-state index in [1.54, 1.807) is 18.2 Å². The summed E-state index contributed by atoms with van der Waals surface area (Å²) in [5, 5.41) is 39.4. The molecule has 0 saturated heterocycles. The molecule has 1 aliphatic carbocycles. The molecule has 3 N–H and O–H groups in total. The number of phenols is 1. The van der Waals surface area contributed by atoms with Crippen LogP contribution in [0.25, 0.3) is 0 Å². The minimum Gasteiger partial charge on any atom is -0.505 e. The molecule has 11 heteroatoms. The van der Waals surface area contributed by atoms with Crippen molar-refractivity contribution in [2.45, 2.75) is 58.3 Å². The van der Waals surface area contributed by atoms with Crippen molar-refractivity contribution < 1.29 is 14.7 Å². The number of carbonyl (C=O) groups is 2. The monoisotopic (exact) mass is 524 g/mol. The molecule has 2 heterocycles. The van der Waals surface area contributed by atoms with Gasteiger partial charge >= 0.3 is 0 Å². The second-order valence-electron chi connectivity index (χ2n) is 9.99. The van der Waals surface area contributed by atoms with E-state index in [1.807, 2.05) is 38.1 Å². The fourth-order valence-electron chi connectivity index (χ4n) is 5.27. The number of tetrazole rings is 1. The molecule has 198 valence electrons. The third kappa shape index (κ3) is 4.77. The second kappa shape index (κ2) is 10.5. The van der Waals surface area contributed by atoms with E-state index in [2.05, 4.69) is 31.2 Å². The number of imide groups is 1. The van der Waals surface area contributed by atoms with Crippen molar-refractivity contribution in [2.75, 3.05) is 10.3 Å². The highest BCUT2D eigenvalue weighted by atomic mass is 16.3. The lowest BCUT2D eigenvalue weighted by Gasteiger charge is -2.29. The number of hydrogen-bond acceptors (Lipinski definition) is 9. The number of hydrazone groups is 1. The number of nitrogens with zero attached hydrogens (tertiary/aromatic N) is 6. The number of nitrogens with one attached hydrogen (secondary N) is 2. The number of rotatable bonds is 5. The Morgan fingerprint density at radius 1 is 1.10 bits per heavy atom. The van der Waals surface area contributed by atoms with Crippen LogP contribution >= 0.6 is 0 Å². The van der Waals surface area contributed by atoms with Gasteiger partial charge in [-0.15, -0.1) is 5.10 Å². The highest BCUT2D eigenvalue weighted by Gasteiger charge is 2.38. The maximum atomic E-state index is 13.5. The van der Waals surface area contributed by atoms with Crippen LogP contribution in [0.3, 0.4) is 0 Å². The highest BCUT2D eigenvalue weighted by Crippen LogP contribution is 2.44. The first-order valence-corrected chi connectivity index (χ1v) is 12.8. The molecule has 2 amide bonds. The minimum atomic E-state index is -0.694. The fraction of sp³-hybridized carbons (Fsp3) is 0.321. The van der Waals surface area contributed by atoms with Crippen LogP contribution in [-0.4, -0.2) is 43.3 Å². The number of anilines is 2. The highest BCUT2D eigenvalue weighted by molar-refractivity contribution is 6.57. The zero-order chi connectivity index (χ0) is 27.7. The summed E-state index contributed by atoms with van der Waals surface area (Å²) < 4.78 is 0. The van der Waals surface area contributed by atoms with Gasteiger partial charge in [-0.3, -0.25) is 15.0 Å². The lowest BCUT2D eigenvalue weighted by molar-refractivity contribution is -0.121. The van der Waals surface area contributed by atoms with Crippen molar-refractivity contribution in [3.8, 4) is 11.8 Å². The third-order valence-corrected chi connectivity index (χ3v) is 7.63. The first-order chi connectivity index (χ1) is 18.8. The lowest BCUT2D eigenvalue weighted by Crippen LogP contribution is -2.47. The van der Waals surface area contributed by atoms with Gasteiger partial charge in [0.15, 0.2) is 11.5 Å². The molecule has 2 atom stereocenters. The summed E-state index contributed by atoms with van der Waals surface area (Å²) in [5.74, 6) is -0.311. The Morgan fingerprint density at radius 3 is 2.62 bits per heavy atom. The Hall–Kier alpha value is -4.85. The predicted octanol–water partition coefficient (Wildman–Crippen LogP) is 4.14. The summed E-state index contributed by atoms with van der Waals surface area (Å²) in [7, 11) is 0. The lowest BCUT2D eigenvalue weighted by atomic mass is 9.77. The van der Waals surface area contributed by atoms with Crippen molar-refractivity contribution in [1.82, 2.24) is 20.6 Å². The van der Waals surface area contributed by atoms with Gasteiger partial charge in [0, 0.05) is 11.5 Å². The molecule has 0 spiro atoms. The molecule has 0 radical (unpaired) electrons. The fourth-order valence-corrected chi connectivity index (χ4v) is 5.27. The molecule has 1 aliphatic heterocycles. The summed E-state index contributed by atoms with van der Waals surface area (Å²) >= 11 is 0. The van der Waals surface area contributed by atoms with E-state index < -0.39 is 11.8 Å². The number of phenolic OH excluding ortho intramolecular Hbond substituents is 1. The SMILES string of the molecule is CC1=C(C#N)C(=O)N(c2ccc(C)c(C)c2)C(=O)C1=NNc1cccc(C2CCCC(c3nnn[nH]3)C2)c1O. The average molecular weight is 525 g/mol. The Bertz CT molecular complexity index is 1550. The average Bonchev–Trinajstić information content (AvgIpc) is 3.47. The molecular formula is C28H28N8O3. The Morgan fingerprint density at radius 2 is 1.90 bits per heavy atom. The number of aromatic amines is 1. The standard InChI is InChI=1S/C28H28N8O3/c1-15-10-11-20(12-16(15)2)36-27(38)22(14-29)17(3)24(28(36)39)31-30-23-9-5-8-21(25(23)37)18-6-4-7-19(13-18)26-32-34-35-33-26/h5,8-12,18-19,30,37H,4,6-7,13H2,1-3H3,(H,32,33,34,35). The van der Waals surface area contributed by atoms with Crippen molar-refractivity contribution in [3.05, 3.63) is 70.1 Å². The van der Waals surface area contributed by atoms with Crippen LogP contribution in [0, 0.1) is 25.2 Å². The van der Waals surface area contributed by atoms with Crippen LogP contribution in [0.5, 0.6) is 5.75 Å². The molecule has 0 bridgehead atoms. The van der Waals surface area contributed by atoms with Gasteiger partial charge in [-0.05, 0) is 91.3 Å². The number of para-hydroxylation sites is 1. The number of hydrogen-bond donors (Lipinski definition) is 3. The predicted molar refractivity (Wildman–Crippen MR) is 144 cm³/mol. The first kappa shape index (κ1) is 25.8. The number of H-pyrrole nitrogens is 1. The van der Waals surface area contributed by atoms with Crippen molar-refractivity contribution in [3.63, 3.8) is 0 Å². The van der Waals surface area contributed by atoms with Gasteiger partial charge in [-0.1, -0.05) is 24.6 Å². The van der Waals surface area contributed by atoms with Crippen LogP contribution in [-0.2, 0) is 9.59 Å². The molecule has 11 nitrogen and oxygen atoms in total. The Balaban J connectivity index is 1.45. The summed E-state index contributed by atoms with van der Waals surface area (Å²) in [6.07, 6.45) is 3.61. The van der Waals surface area contributed by atoms with E-state index in [4.69, 9.17) is 0 Å². The summed E-state index contributed by atoms with van der Waals surface area (Å²) in [6.45, 7) is 5.33. The zero-order valence-corrected chi connectivity index (χ0v) is 21.9.